The van der Waals surface area contributed by atoms with Crippen LogP contribution in [0.1, 0.15) is 29.2 Å². The molecule has 0 bridgehead atoms. The number of hydrazone groups is 1. The zero-order valence-corrected chi connectivity index (χ0v) is 19.6. The van der Waals surface area contributed by atoms with Crippen molar-refractivity contribution in [3.8, 4) is 0 Å². The number of benzene rings is 3. The molecule has 1 heterocycles. The number of nitrogens with zero attached hydrogens (tertiary/aromatic N) is 2. The lowest BCUT2D eigenvalue weighted by molar-refractivity contribution is 0.371. The summed E-state index contributed by atoms with van der Waals surface area (Å²) in [6, 6.07) is 18.0. The van der Waals surface area contributed by atoms with Crippen molar-refractivity contribution in [1.29, 1.82) is 0 Å². The van der Waals surface area contributed by atoms with Gasteiger partial charge in [-0.05, 0) is 54.4 Å². The Balaban J connectivity index is 1.73. The SMILES string of the molecule is Cc1ccc(S(=O)(=O)N2N=C(c3ccc(NS(C)(=O)=O)cc3)C[C@@H]2c2ccc(F)cc2)cc1. The van der Waals surface area contributed by atoms with Crippen molar-refractivity contribution in [1.82, 2.24) is 4.41 Å². The zero-order valence-electron chi connectivity index (χ0n) is 17.9. The highest BCUT2D eigenvalue weighted by Gasteiger charge is 2.37. The molecule has 33 heavy (non-hydrogen) atoms. The first kappa shape index (κ1) is 22.9. The van der Waals surface area contributed by atoms with E-state index < -0.39 is 31.9 Å². The van der Waals surface area contributed by atoms with E-state index in [1.165, 1.54) is 24.3 Å². The minimum absolute atomic E-state index is 0.109. The number of hydrogen-bond acceptors (Lipinski definition) is 5. The molecule has 1 N–H and O–H groups in total. The minimum Gasteiger partial charge on any atom is -0.284 e. The number of sulfonamides is 2. The summed E-state index contributed by atoms with van der Waals surface area (Å²) in [6.45, 7) is 1.87. The van der Waals surface area contributed by atoms with Crippen molar-refractivity contribution in [3.63, 3.8) is 0 Å². The van der Waals surface area contributed by atoms with Crippen molar-refractivity contribution >= 4 is 31.4 Å². The van der Waals surface area contributed by atoms with Crippen LogP contribution in [0.15, 0.2) is 82.8 Å². The van der Waals surface area contributed by atoms with E-state index >= 15 is 0 Å². The Hall–Kier alpha value is -3.24. The first-order valence-corrected chi connectivity index (χ1v) is 13.4. The fourth-order valence-electron chi connectivity index (χ4n) is 3.58. The second-order valence-electron chi connectivity index (χ2n) is 7.86. The highest BCUT2D eigenvalue weighted by molar-refractivity contribution is 7.92. The quantitative estimate of drug-likeness (QED) is 0.568. The number of anilines is 1. The molecule has 0 amide bonds. The molecule has 0 spiro atoms. The van der Waals surface area contributed by atoms with Gasteiger partial charge in [-0.1, -0.05) is 42.0 Å². The fourth-order valence-corrected chi connectivity index (χ4v) is 5.58. The average molecular weight is 488 g/mol. The zero-order chi connectivity index (χ0) is 23.8. The van der Waals surface area contributed by atoms with Crippen LogP contribution in [-0.2, 0) is 20.0 Å². The van der Waals surface area contributed by atoms with Crippen molar-refractivity contribution in [2.45, 2.75) is 24.3 Å². The second kappa shape index (κ2) is 8.60. The van der Waals surface area contributed by atoms with Crippen molar-refractivity contribution in [2.75, 3.05) is 11.0 Å². The summed E-state index contributed by atoms with van der Waals surface area (Å²) in [4.78, 5) is 0.109. The van der Waals surface area contributed by atoms with Crippen LogP contribution in [0.4, 0.5) is 10.1 Å². The van der Waals surface area contributed by atoms with E-state index in [1.54, 1.807) is 48.5 Å². The molecule has 1 aliphatic rings. The molecule has 0 aliphatic carbocycles. The molecule has 0 unspecified atom stereocenters. The van der Waals surface area contributed by atoms with Crippen molar-refractivity contribution in [2.24, 2.45) is 5.10 Å². The average Bonchev–Trinajstić information content (AvgIpc) is 3.20. The van der Waals surface area contributed by atoms with Gasteiger partial charge < -0.3 is 0 Å². The maximum absolute atomic E-state index is 13.5. The molecule has 0 saturated carbocycles. The first-order valence-electron chi connectivity index (χ1n) is 10.1. The van der Waals surface area contributed by atoms with Crippen molar-refractivity contribution < 1.29 is 21.2 Å². The summed E-state index contributed by atoms with van der Waals surface area (Å²) in [5.41, 5.74) is 3.10. The summed E-state index contributed by atoms with van der Waals surface area (Å²) < 4.78 is 66.7. The topological polar surface area (TPSA) is 95.9 Å². The van der Waals surface area contributed by atoms with Crippen molar-refractivity contribution in [3.05, 3.63) is 95.3 Å². The number of nitrogens with one attached hydrogen (secondary N) is 1. The number of halogens is 1. The lowest BCUT2D eigenvalue weighted by atomic mass is 9.99. The van der Waals surface area contributed by atoms with Gasteiger partial charge in [0.25, 0.3) is 10.0 Å². The van der Waals surface area contributed by atoms with Crippen LogP contribution >= 0.6 is 0 Å². The molecule has 3 aromatic rings. The molecule has 172 valence electrons. The summed E-state index contributed by atoms with van der Waals surface area (Å²) in [6.07, 6.45) is 1.33. The van der Waals surface area contributed by atoms with Gasteiger partial charge in [0, 0.05) is 12.1 Å². The number of rotatable bonds is 6. The molecular formula is C23H22FN3O4S2. The van der Waals surface area contributed by atoms with Gasteiger partial charge in [-0.15, -0.1) is 0 Å². The van der Waals surface area contributed by atoms with E-state index in [-0.39, 0.29) is 11.3 Å². The minimum atomic E-state index is -3.98. The number of aryl methyl sites for hydroxylation is 1. The van der Waals surface area contributed by atoms with Gasteiger partial charge in [0.15, 0.2) is 0 Å². The van der Waals surface area contributed by atoms with Gasteiger partial charge >= 0.3 is 0 Å². The van der Waals surface area contributed by atoms with Crippen LogP contribution in [-0.4, -0.2) is 33.2 Å². The van der Waals surface area contributed by atoms with Gasteiger partial charge in [-0.25, -0.2) is 12.8 Å². The normalized spacial score (nSPS) is 16.5. The summed E-state index contributed by atoms with van der Waals surface area (Å²) >= 11 is 0. The first-order chi connectivity index (χ1) is 15.5. The third-order valence-corrected chi connectivity index (χ3v) is 7.52. The highest BCUT2D eigenvalue weighted by atomic mass is 32.2. The molecule has 10 heteroatoms. The third-order valence-electron chi connectivity index (χ3n) is 5.21. The monoisotopic (exact) mass is 487 g/mol. The van der Waals surface area contributed by atoms with E-state index in [1.807, 2.05) is 6.92 Å². The Kier molecular flexibility index (Phi) is 5.98. The number of hydrogen-bond donors (Lipinski definition) is 1. The predicted molar refractivity (Wildman–Crippen MR) is 125 cm³/mol. The second-order valence-corrected chi connectivity index (χ2v) is 11.4. The molecule has 1 aliphatic heterocycles. The maximum atomic E-state index is 13.5. The molecule has 0 radical (unpaired) electrons. The van der Waals surface area contributed by atoms with Crippen LogP contribution in [0.25, 0.3) is 0 Å². The van der Waals surface area contributed by atoms with E-state index in [2.05, 4.69) is 9.82 Å². The van der Waals surface area contributed by atoms with Gasteiger partial charge in [-0.2, -0.15) is 17.9 Å². The molecule has 3 aromatic carbocycles. The molecule has 4 rings (SSSR count). The predicted octanol–water partition coefficient (Wildman–Crippen LogP) is 4.05. The molecule has 1 atom stereocenters. The van der Waals surface area contributed by atoms with E-state index in [9.17, 15) is 21.2 Å². The molecule has 0 saturated heterocycles. The Morgan fingerprint density at radius 3 is 2.09 bits per heavy atom. The van der Waals surface area contributed by atoms with Crippen LogP contribution in [0.5, 0.6) is 0 Å². The van der Waals surface area contributed by atoms with Gasteiger partial charge in [0.1, 0.15) is 5.82 Å². The highest BCUT2D eigenvalue weighted by Crippen LogP contribution is 2.37. The lowest BCUT2D eigenvalue weighted by Crippen LogP contribution is -2.27. The van der Waals surface area contributed by atoms with Gasteiger partial charge in [0.2, 0.25) is 10.0 Å². The third kappa shape index (κ3) is 5.07. The summed E-state index contributed by atoms with van der Waals surface area (Å²) in [5.74, 6) is -0.417. The summed E-state index contributed by atoms with van der Waals surface area (Å²) in [7, 11) is -7.39. The smallest absolute Gasteiger partial charge is 0.279 e. The van der Waals surface area contributed by atoms with E-state index in [0.717, 1.165) is 16.2 Å². The Labute approximate surface area is 192 Å². The van der Waals surface area contributed by atoms with Crippen LogP contribution < -0.4 is 4.72 Å². The van der Waals surface area contributed by atoms with Crippen LogP contribution in [0, 0.1) is 12.7 Å². The molecule has 0 fully saturated rings. The Bertz CT molecular complexity index is 1400. The van der Waals surface area contributed by atoms with E-state index in [4.69, 9.17) is 0 Å². The lowest BCUT2D eigenvalue weighted by Gasteiger charge is -2.23. The standard InChI is InChI=1S/C23H22FN3O4S2/c1-16-3-13-21(14-4-16)33(30,31)27-23(18-5-9-19(24)10-6-18)15-22(25-27)17-7-11-20(12-8-17)26-32(2,28)29/h3-14,23,26H,15H2,1-2H3/t23-/m1/s1. The maximum Gasteiger partial charge on any atom is 0.279 e. The molecule has 7 nitrogen and oxygen atoms in total. The summed E-state index contributed by atoms with van der Waals surface area (Å²) in [5, 5.41) is 4.44. The fraction of sp³-hybridized carbons (Fsp3) is 0.174. The van der Waals surface area contributed by atoms with E-state index in [0.29, 0.717) is 22.5 Å². The van der Waals surface area contributed by atoms with Crippen LogP contribution in [0.3, 0.4) is 0 Å². The van der Waals surface area contributed by atoms with Gasteiger partial charge in [0.05, 0.1) is 22.9 Å². The molecule has 0 aromatic heterocycles. The van der Waals surface area contributed by atoms with Crippen LogP contribution in [0.2, 0.25) is 0 Å². The van der Waals surface area contributed by atoms with Gasteiger partial charge in [-0.3, -0.25) is 4.72 Å². The Morgan fingerprint density at radius 1 is 0.909 bits per heavy atom. The Morgan fingerprint density at radius 2 is 1.52 bits per heavy atom. The molecular weight excluding hydrogens is 465 g/mol. The largest absolute Gasteiger partial charge is 0.284 e.